The van der Waals surface area contributed by atoms with Gasteiger partial charge in [-0.25, -0.2) is 0 Å². The number of nitrogens with zero attached hydrogens (tertiary/aromatic N) is 1. The Balaban J connectivity index is 2.44. The fraction of sp³-hybridized carbons (Fsp3) is 0.467. The first kappa shape index (κ1) is 15.2. The Morgan fingerprint density at radius 1 is 1.11 bits per heavy atom. The van der Waals surface area contributed by atoms with Crippen LogP contribution in [0.5, 0.6) is 0 Å². The van der Waals surface area contributed by atoms with Gasteiger partial charge in [-0.3, -0.25) is 9.59 Å². The molecule has 0 amide bonds. The van der Waals surface area contributed by atoms with Crippen molar-refractivity contribution >= 4 is 17.4 Å². The summed E-state index contributed by atoms with van der Waals surface area (Å²) in [5, 5.41) is 0. The minimum absolute atomic E-state index is 0.0544. The van der Waals surface area contributed by atoms with E-state index in [2.05, 4.69) is 0 Å². The van der Waals surface area contributed by atoms with Gasteiger partial charge >= 0.3 is 5.97 Å². The summed E-state index contributed by atoms with van der Waals surface area (Å²) in [7, 11) is 0. The van der Waals surface area contributed by atoms with Gasteiger partial charge in [-0.15, -0.1) is 0 Å². The van der Waals surface area contributed by atoms with Gasteiger partial charge < -0.3 is 9.64 Å². The molecule has 0 saturated carbocycles. The van der Waals surface area contributed by atoms with Crippen molar-refractivity contribution in [1.29, 1.82) is 0 Å². The highest BCUT2D eigenvalue weighted by Gasteiger charge is 2.12. The number of benzene rings is 1. The Bertz CT molecular complexity index is 403. The van der Waals surface area contributed by atoms with Gasteiger partial charge in [-0.1, -0.05) is 18.2 Å². The van der Waals surface area contributed by atoms with Gasteiger partial charge in [0.05, 0.1) is 19.6 Å². The lowest BCUT2D eigenvalue weighted by Gasteiger charge is -2.22. The molecule has 104 valence electrons. The van der Waals surface area contributed by atoms with Crippen molar-refractivity contribution < 1.29 is 14.3 Å². The maximum Gasteiger partial charge on any atom is 0.306 e. The van der Waals surface area contributed by atoms with Crippen LogP contribution in [-0.4, -0.2) is 31.4 Å². The Kier molecular flexibility index (Phi) is 6.64. The van der Waals surface area contributed by atoms with E-state index in [1.807, 2.05) is 42.2 Å². The van der Waals surface area contributed by atoms with Crippen LogP contribution >= 0.6 is 0 Å². The molecule has 0 spiro atoms. The van der Waals surface area contributed by atoms with Crippen molar-refractivity contribution in [2.45, 2.75) is 26.7 Å². The SMILES string of the molecule is CCOC(=O)CCC(=O)CN(CC)c1ccccc1. The Morgan fingerprint density at radius 2 is 1.79 bits per heavy atom. The smallest absolute Gasteiger partial charge is 0.306 e. The Labute approximate surface area is 114 Å². The van der Waals surface area contributed by atoms with Crippen molar-refractivity contribution in [3.05, 3.63) is 30.3 Å². The molecule has 0 aliphatic heterocycles. The lowest BCUT2D eigenvalue weighted by Crippen LogP contribution is -2.29. The van der Waals surface area contributed by atoms with Crippen LogP contribution < -0.4 is 4.90 Å². The average Bonchev–Trinajstić information content (AvgIpc) is 2.44. The molecule has 0 saturated heterocycles. The third kappa shape index (κ3) is 5.55. The number of ether oxygens (including phenoxy) is 1. The van der Waals surface area contributed by atoms with E-state index in [1.165, 1.54) is 0 Å². The normalized spacial score (nSPS) is 10.0. The Hall–Kier alpha value is -1.84. The lowest BCUT2D eigenvalue weighted by molar-refractivity contribution is -0.144. The number of esters is 1. The Morgan fingerprint density at radius 3 is 2.37 bits per heavy atom. The number of para-hydroxylation sites is 1. The van der Waals surface area contributed by atoms with Gasteiger partial charge in [0.2, 0.25) is 0 Å². The molecule has 0 N–H and O–H groups in total. The number of hydrogen-bond donors (Lipinski definition) is 0. The molecule has 0 unspecified atom stereocenters. The first-order valence-corrected chi connectivity index (χ1v) is 6.64. The van der Waals surface area contributed by atoms with Gasteiger partial charge in [0.15, 0.2) is 5.78 Å². The van der Waals surface area contributed by atoms with Crippen LogP contribution in [-0.2, 0) is 14.3 Å². The van der Waals surface area contributed by atoms with Crippen molar-refractivity contribution in [3.63, 3.8) is 0 Å². The number of hydrogen-bond acceptors (Lipinski definition) is 4. The summed E-state index contributed by atoms with van der Waals surface area (Å²) in [5.41, 5.74) is 1.02. The number of anilines is 1. The summed E-state index contributed by atoms with van der Waals surface area (Å²) in [6.45, 7) is 5.22. The largest absolute Gasteiger partial charge is 0.466 e. The minimum atomic E-state index is -0.307. The molecule has 0 aliphatic carbocycles. The highest BCUT2D eigenvalue weighted by molar-refractivity contribution is 5.86. The molecule has 0 aliphatic rings. The third-order valence-corrected chi connectivity index (χ3v) is 2.78. The maximum atomic E-state index is 11.8. The quantitative estimate of drug-likeness (QED) is 0.676. The summed E-state index contributed by atoms with van der Waals surface area (Å²) >= 11 is 0. The van der Waals surface area contributed by atoms with E-state index in [9.17, 15) is 9.59 Å². The summed E-state index contributed by atoms with van der Waals surface area (Å²) < 4.78 is 4.80. The van der Waals surface area contributed by atoms with Crippen LogP contribution in [0.25, 0.3) is 0 Å². The average molecular weight is 263 g/mol. The maximum absolute atomic E-state index is 11.8. The van der Waals surface area contributed by atoms with E-state index in [-0.39, 0.29) is 24.6 Å². The van der Waals surface area contributed by atoms with Gasteiger partial charge in [0.25, 0.3) is 0 Å². The summed E-state index contributed by atoms with van der Waals surface area (Å²) in [4.78, 5) is 25.0. The van der Waals surface area contributed by atoms with Crippen molar-refractivity contribution in [2.24, 2.45) is 0 Å². The summed E-state index contributed by atoms with van der Waals surface area (Å²) in [5.74, 6) is -0.252. The number of rotatable bonds is 8. The third-order valence-electron chi connectivity index (χ3n) is 2.78. The highest BCUT2D eigenvalue weighted by atomic mass is 16.5. The zero-order valence-electron chi connectivity index (χ0n) is 11.6. The molecule has 0 atom stereocenters. The molecule has 0 aromatic heterocycles. The molecule has 1 aromatic carbocycles. The summed E-state index contributed by atoms with van der Waals surface area (Å²) in [6, 6.07) is 9.78. The first-order valence-electron chi connectivity index (χ1n) is 6.64. The summed E-state index contributed by atoms with van der Waals surface area (Å²) in [6.07, 6.45) is 0.404. The predicted molar refractivity (Wildman–Crippen MR) is 75.2 cm³/mol. The fourth-order valence-electron chi connectivity index (χ4n) is 1.79. The lowest BCUT2D eigenvalue weighted by atomic mass is 10.2. The molecule has 1 aromatic rings. The molecular formula is C15H21NO3. The molecule has 4 heteroatoms. The van der Waals surface area contributed by atoms with E-state index < -0.39 is 0 Å². The van der Waals surface area contributed by atoms with E-state index in [4.69, 9.17) is 4.74 Å². The number of carbonyl (C=O) groups excluding carboxylic acids is 2. The molecule has 19 heavy (non-hydrogen) atoms. The minimum Gasteiger partial charge on any atom is -0.466 e. The van der Waals surface area contributed by atoms with E-state index in [0.29, 0.717) is 13.2 Å². The van der Waals surface area contributed by atoms with Crippen LogP contribution in [0.3, 0.4) is 0 Å². The zero-order chi connectivity index (χ0) is 14.1. The second-order valence-electron chi connectivity index (χ2n) is 4.19. The van der Waals surface area contributed by atoms with Crippen molar-refractivity contribution in [2.75, 3.05) is 24.6 Å². The van der Waals surface area contributed by atoms with Crippen LogP contribution in [0.1, 0.15) is 26.7 Å². The molecule has 0 bridgehead atoms. The predicted octanol–water partition coefficient (Wildman–Crippen LogP) is 2.43. The number of carbonyl (C=O) groups is 2. The molecule has 4 nitrogen and oxygen atoms in total. The van der Waals surface area contributed by atoms with Gasteiger partial charge in [0.1, 0.15) is 0 Å². The molecule has 0 fully saturated rings. The fourth-order valence-corrected chi connectivity index (χ4v) is 1.79. The van der Waals surface area contributed by atoms with Crippen molar-refractivity contribution in [1.82, 2.24) is 0 Å². The number of ketones is 1. The molecule has 0 radical (unpaired) electrons. The van der Waals surface area contributed by atoms with Crippen LogP contribution in [0.15, 0.2) is 30.3 Å². The second-order valence-corrected chi connectivity index (χ2v) is 4.19. The van der Waals surface area contributed by atoms with E-state index in [0.717, 1.165) is 12.2 Å². The van der Waals surface area contributed by atoms with Crippen molar-refractivity contribution in [3.8, 4) is 0 Å². The number of Topliss-reactive ketones (excluding diaryl/α,β-unsaturated/α-hetero) is 1. The zero-order valence-corrected chi connectivity index (χ0v) is 11.6. The van der Waals surface area contributed by atoms with Crippen LogP contribution in [0.4, 0.5) is 5.69 Å². The molecule has 1 rings (SSSR count). The van der Waals surface area contributed by atoms with Gasteiger partial charge in [-0.05, 0) is 26.0 Å². The van der Waals surface area contributed by atoms with Crippen LogP contribution in [0, 0.1) is 0 Å². The second kappa shape index (κ2) is 8.29. The first-order chi connectivity index (χ1) is 9.17. The van der Waals surface area contributed by atoms with E-state index >= 15 is 0 Å². The number of likely N-dealkylation sites (N-methyl/N-ethyl adjacent to an activating group) is 1. The monoisotopic (exact) mass is 263 g/mol. The van der Waals surface area contributed by atoms with E-state index in [1.54, 1.807) is 6.92 Å². The van der Waals surface area contributed by atoms with Crippen LogP contribution in [0.2, 0.25) is 0 Å². The standard InChI is InChI=1S/C15H21NO3/c1-3-16(13-8-6-5-7-9-13)12-14(17)10-11-15(18)19-4-2/h5-9H,3-4,10-12H2,1-2H3. The highest BCUT2D eigenvalue weighted by Crippen LogP contribution is 2.13. The van der Waals surface area contributed by atoms with Gasteiger partial charge in [0, 0.05) is 18.7 Å². The molecular weight excluding hydrogens is 242 g/mol. The van der Waals surface area contributed by atoms with Gasteiger partial charge in [-0.2, -0.15) is 0 Å². The topological polar surface area (TPSA) is 46.6 Å². The molecule has 0 heterocycles.